The maximum absolute atomic E-state index is 13.3. The van der Waals surface area contributed by atoms with Crippen molar-refractivity contribution in [2.75, 3.05) is 19.6 Å². The normalized spacial score (nSPS) is 17.1. The summed E-state index contributed by atoms with van der Waals surface area (Å²) in [6.45, 7) is 5.05. The molecule has 2 atom stereocenters. The predicted octanol–water partition coefficient (Wildman–Crippen LogP) is 4.48. The number of hydrogen-bond acceptors (Lipinski definition) is 3. The number of amides is 2. The van der Waals surface area contributed by atoms with Crippen LogP contribution in [-0.4, -0.2) is 46.6 Å². The van der Waals surface area contributed by atoms with Crippen LogP contribution in [0.5, 0.6) is 0 Å². The molecule has 0 aliphatic carbocycles. The summed E-state index contributed by atoms with van der Waals surface area (Å²) < 4.78 is 0. The van der Waals surface area contributed by atoms with Crippen molar-refractivity contribution < 1.29 is 9.59 Å². The maximum atomic E-state index is 13.3. The van der Waals surface area contributed by atoms with Crippen molar-refractivity contribution in [3.8, 4) is 0 Å². The molecule has 0 fully saturated rings. The van der Waals surface area contributed by atoms with Crippen molar-refractivity contribution in [3.05, 3.63) is 57.8 Å². The van der Waals surface area contributed by atoms with Gasteiger partial charge in [-0.2, -0.15) is 0 Å². The number of fused-ring (bicyclic) bond motifs is 1. The quantitative estimate of drug-likeness (QED) is 0.622. The third-order valence-corrected chi connectivity index (χ3v) is 6.34. The van der Waals surface area contributed by atoms with E-state index in [0.717, 1.165) is 24.8 Å². The third kappa shape index (κ3) is 4.58. The molecule has 28 heavy (non-hydrogen) atoms. The average molecular weight is 419 g/mol. The number of alkyl halides is 1. The first-order valence-electron chi connectivity index (χ1n) is 9.86. The zero-order valence-corrected chi connectivity index (χ0v) is 18.0. The van der Waals surface area contributed by atoms with Gasteiger partial charge in [0.05, 0.1) is 12.6 Å². The van der Waals surface area contributed by atoms with Crippen molar-refractivity contribution in [2.45, 2.75) is 44.5 Å². The van der Waals surface area contributed by atoms with Gasteiger partial charge in [0, 0.05) is 18.0 Å². The molecule has 0 bridgehead atoms. The SMILES string of the molecule is CCCCN(CC(=O)N1CCc2sccc2[C@@H]1c1ccccc1)C(=O)[C@H](C)Cl. The zero-order valence-electron chi connectivity index (χ0n) is 16.4. The summed E-state index contributed by atoms with van der Waals surface area (Å²) in [4.78, 5) is 30.7. The molecule has 2 aromatic rings. The van der Waals surface area contributed by atoms with Gasteiger partial charge in [-0.05, 0) is 42.3 Å². The lowest BCUT2D eigenvalue weighted by molar-refractivity contribution is -0.141. The van der Waals surface area contributed by atoms with Crippen molar-refractivity contribution in [1.82, 2.24) is 9.80 Å². The zero-order chi connectivity index (χ0) is 20.1. The van der Waals surface area contributed by atoms with Gasteiger partial charge in [-0.1, -0.05) is 43.7 Å². The minimum Gasteiger partial charge on any atom is -0.332 e. The first-order valence-corrected chi connectivity index (χ1v) is 11.2. The smallest absolute Gasteiger partial charge is 0.242 e. The molecule has 0 saturated carbocycles. The van der Waals surface area contributed by atoms with Crippen LogP contribution in [0.25, 0.3) is 0 Å². The van der Waals surface area contributed by atoms with E-state index in [1.807, 2.05) is 23.1 Å². The van der Waals surface area contributed by atoms with E-state index in [1.54, 1.807) is 23.2 Å². The average Bonchev–Trinajstić information content (AvgIpc) is 3.19. The summed E-state index contributed by atoms with van der Waals surface area (Å²) in [5.74, 6) is -0.194. The predicted molar refractivity (Wildman–Crippen MR) is 115 cm³/mol. The molecule has 0 N–H and O–H groups in total. The Kier molecular flexibility index (Phi) is 7.13. The van der Waals surface area contributed by atoms with E-state index in [0.29, 0.717) is 13.1 Å². The molecule has 0 spiro atoms. The summed E-state index contributed by atoms with van der Waals surface area (Å²) in [5, 5.41) is 1.47. The van der Waals surface area contributed by atoms with Gasteiger partial charge in [-0.3, -0.25) is 9.59 Å². The lowest BCUT2D eigenvalue weighted by Gasteiger charge is -2.37. The number of rotatable bonds is 7. The van der Waals surface area contributed by atoms with E-state index in [2.05, 4.69) is 30.5 Å². The summed E-state index contributed by atoms with van der Waals surface area (Å²) in [7, 11) is 0. The standard InChI is InChI=1S/C22H27ClN2O2S/c1-3-4-12-24(22(27)16(2)23)15-20(26)25-13-10-19-18(11-14-28-19)21(25)17-8-6-5-7-9-17/h5-9,11,14,16,21H,3-4,10,12-13,15H2,1-2H3/t16-,21-/m0/s1. The van der Waals surface area contributed by atoms with Gasteiger partial charge in [0.1, 0.15) is 5.38 Å². The molecule has 1 aromatic carbocycles. The van der Waals surface area contributed by atoms with Crippen LogP contribution in [0.4, 0.5) is 0 Å². The Labute approximate surface area is 176 Å². The van der Waals surface area contributed by atoms with E-state index >= 15 is 0 Å². The molecule has 0 radical (unpaired) electrons. The topological polar surface area (TPSA) is 40.6 Å². The van der Waals surface area contributed by atoms with Crippen molar-refractivity contribution >= 4 is 34.8 Å². The maximum Gasteiger partial charge on any atom is 0.242 e. The summed E-state index contributed by atoms with van der Waals surface area (Å²) in [6.07, 6.45) is 2.68. The van der Waals surface area contributed by atoms with E-state index in [1.165, 1.54) is 10.4 Å². The molecule has 0 unspecified atom stereocenters. The van der Waals surface area contributed by atoms with Gasteiger partial charge in [-0.15, -0.1) is 22.9 Å². The van der Waals surface area contributed by atoms with Gasteiger partial charge in [0.15, 0.2) is 0 Å². The van der Waals surface area contributed by atoms with E-state index in [4.69, 9.17) is 11.6 Å². The second-order valence-electron chi connectivity index (χ2n) is 7.18. The number of nitrogens with zero attached hydrogens (tertiary/aromatic N) is 2. The number of carbonyl (C=O) groups is 2. The fraction of sp³-hybridized carbons (Fsp3) is 0.455. The molecule has 1 aliphatic rings. The number of thiophene rings is 1. The van der Waals surface area contributed by atoms with E-state index < -0.39 is 5.38 Å². The fourth-order valence-electron chi connectivity index (χ4n) is 3.70. The second kappa shape index (κ2) is 9.57. The highest BCUT2D eigenvalue weighted by Crippen LogP contribution is 2.37. The molecule has 0 saturated heterocycles. The number of benzene rings is 1. The summed E-state index contributed by atoms with van der Waals surface area (Å²) >= 11 is 7.78. The highest BCUT2D eigenvalue weighted by molar-refractivity contribution is 7.10. The van der Waals surface area contributed by atoms with Crippen LogP contribution < -0.4 is 0 Å². The first kappa shape index (κ1) is 20.9. The minimum absolute atomic E-state index is 0.0209. The number of unbranched alkanes of at least 4 members (excludes halogenated alkanes) is 1. The Balaban J connectivity index is 1.85. The van der Waals surface area contributed by atoms with Crippen LogP contribution in [0, 0.1) is 0 Å². The Hall–Kier alpha value is -1.85. The first-order chi connectivity index (χ1) is 13.5. The molecule has 1 aromatic heterocycles. The molecule has 150 valence electrons. The van der Waals surface area contributed by atoms with E-state index in [9.17, 15) is 9.59 Å². The minimum atomic E-state index is -0.626. The molecule has 2 amide bonds. The van der Waals surface area contributed by atoms with Crippen LogP contribution in [0.15, 0.2) is 41.8 Å². The highest BCUT2D eigenvalue weighted by atomic mass is 35.5. The van der Waals surface area contributed by atoms with E-state index in [-0.39, 0.29) is 24.4 Å². The number of hydrogen-bond donors (Lipinski definition) is 0. The van der Waals surface area contributed by atoms with Crippen molar-refractivity contribution in [2.24, 2.45) is 0 Å². The molecule has 1 aliphatic heterocycles. The molecule has 3 rings (SSSR count). The van der Waals surface area contributed by atoms with Crippen LogP contribution >= 0.6 is 22.9 Å². The van der Waals surface area contributed by atoms with Crippen molar-refractivity contribution in [1.29, 1.82) is 0 Å². The Morgan fingerprint density at radius 2 is 2.04 bits per heavy atom. The van der Waals surface area contributed by atoms with Gasteiger partial charge < -0.3 is 9.80 Å². The van der Waals surface area contributed by atoms with Crippen LogP contribution in [-0.2, 0) is 16.0 Å². The number of halogens is 1. The van der Waals surface area contributed by atoms with Gasteiger partial charge in [0.25, 0.3) is 0 Å². The van der Waals surface area contributed by atoms with Gasteiger partial charge in [-0.25, -0.2) is 0 Å². The lowest BCUT2D eigenvalue weighted by atomic mass is 9.93. The Bertz CT molecular complexity index is 806. The largest absolute Gasteiger partial charge is 0.332 e. The monoisotopic (exact) mass is 418 g/mol. The van der Waals surface area contributed by atoms with Gasteiger partial charge in [0.2, 0.25) is 11.8 Å². The summed E-state index contributed by atoms with van der Waals surface area (Å²) in [5.41, 5.74) is 2.31. The van der Waals surface area contributed by atoms with Crippen LogP contribution in [0.3, 0.4) is 0 Å². The molecular weight excluding hydrogens is 392 g/mol. The van der Waals surface area contributed by atoms with Crippen molar-refractivity contribution in [3.63, 3.8) is 0 Å². The Morgan fingerprint density at radius 1 is 1.29 bits per heavy atom. The Morgan fingerprint density at radius 3 is 2.71 bits per heavy atom. The van der Waals surface area contributed by atoms with Crippen LogP contribution in [0.1, 0.15) is 48.7 Å². The van der Waals surface area contributed by atoms with Gasteiger partial charge >= 0.3 is 0 Å². The second-order valence-corrected chi connectivity index (χ2v) is 8.83. The highest BCUT2D eigenvalue weighted by Gasteiger charge is 2.34. The molecule has 6 heteroatoms. The lowest BCUT2D eigenvalue weighted by Crippen LogP contribution is -2.48. The molecule has 2 heterocycles. The number of carbonyl (C=O) groups excluding carboxylic acids is 2. The molecule has 4 nitrogen and oxygen atoms in total. The summed E-state index contributed by atoms with van der Waals surface area (Å²) in [6, 6.07) is 12.2. The molecular formula is C22H27ClN2O2S. The van der Waals surface area contributed by atoms with Crippen LogP contribution in [0.2, 0.25) is 0 Å². The fourth-order valence-corrected chi connectivity index (χ4v) is 4.74. The third-order valence-electron chi connectivity index (χ3n) is 5.16.